The van der Waals surface area contributed by atoms with Crippen LogP contribution in [0.15, 0.2) is 0 Å². The van der Waals surface area contributed by atoms with Gasteiger partial charge >= 0.3 is 0 Å². The van der Waals surface area contributed by atoms with Crippen LogP contribution in [0.1, 0.15) is 32.6 Å². The van der Waals surface area contributed by atoms with Crippen molar-refractivity contribution in [1.82, 2.24) is 5.32 Å². The second kappa shape index (κ2) is 11.3. The van der Waals surface area contributed by atoms with Gasteiger partial charge in [0.25, 0.3) is 0 Å². The van der Waals surface area contributed by atoms with E-state index in [9.17, 15) is 9.59 Å². The molecule has 0 aliphatic rings. The monoisotopic (exact) mass is 276 g/mol. The van der Waals surface area contributed by atoms with E-state index in [0.29, 0.717) is 24.6 Å². The lowest BCUT2D eigenvalue weighted by molar-refractivity contribution is -0.121. The van der Waals surface area contributed by atoms with Crippen molar-refractivity contribution < 1.29 is 14.7 Å². The molecule has 6 heteroatoms. The number of nitrogens with two attached hydrogens (primary N) is 1. The minimum atomic E-state index is -0.355. The number of carbonyl (C=O) groups is 2. The fourth-order valence-corrected chi connectivity index (χ4v) is 2.30. The van der Waals surface area contributed by atoms with Crippen LogP contribution in [0.25, 0.3) is 0 Å². The molecule has 0 saturated heterocycles. The normalized spacial score (nSPS) is 12.1. The molecule has 0 spiro atoms. The molecule has 1 atom stereocenters. The summed E-state index contributed by atoms with van der Waals surface area (Å²) < 4.78 is 0. The number of nitrogens with one attached hydrogen (secondary N) is 1. The molecule has 0 bridgehead atoms. The second-order valence-corrected chi connectivity index (χ2v) is 5.35. The van der Waals surface area contributed by atoms with E-state index in [0.717, 1.165) is 19.3 Å². The fraction of sp³-hybridized carbons (Fsp3) is 0.833. The molecule has 0 aromatic carbocycles. The van der Waals surface area contributed by atoms with E-state index in [1.165, 1.54) is 11.8 Å². The summed E-state index contributed by atoms with van der Waals surface area (Å²) in [5, 5.41) is 11.8. The maximum Gasteiger partial charge on any atom is 0.227 e. The van der Waals surface area contributed by atoms with E-state index < -0.39 is 0 Å². The van der Waals surface area contributed by atoms with Crippen molar-refractivity contribution in [2.24, 2.45) is 11.7 Å². The predicted molar refractivity (Wildman–Crippen MR) is 74.2 cm³/mol. The number of primary amides is 1. The van der Waals surface area contributed by atoms with Crippen LogP contribution in [-0.2, 0) is 9.59 Å². The van der Waals surface area contributed by atoms with Gasteiger partial charge in [0.05, 0.1) is 5.75 Å². The van der Waals surface area contributed by atoms with Crippen molar-refractivity contribution in [2.45, 2.75) is 32.6 Å². The third-order valence-corrected chi connectivity index (χ3v) is 3.52. The quantitative estimate of drug-likeness (QED) is 0.479. The van der Waals surface area contributed by atoms with E-state index in [1.54, 1.807) is 0 Å². The smallest absolute Gasteiger partial charge is 0.227 e. The molecule has 0 saturated carbocycles. The van der Waals surface area contributed by atoms with Gasteiger partial charge in [0.15, 0.2) is 0 Å². The van der Waals surface area contributed by atoms with Gasteiger partial charge in [-0.2, -0.15) is 11.8 Å². The van der Waals surface area contributed by atoms with Gasteiger partial charge in [-0.25, -0.2) is 0 Å². The Morgan fingerprint density at radius 3 is 2.67 bits per heavy atom. The summed E-state index contributed by atoms with van der Waals surface area (Å²) in [6, 6.07) is 0. The molecular formula is C12H24N2O3S. The summed E-state index contributed by atoms with van der Waals surface area (Å²) >= 11 is 1.37. The van der Waals surface area contributed by atoms with Gasteiger partial charge < -0.3 is 16.2 Å². The van der Waals surface area contributed by atoms with Gasteiger partial charge in [0.1, 0.15) is 0 Å². The molecular weight excluding hydrogens is 252 g/mol. The Balaban J connectivity index is 3.63. The van der Waals surface area contributed by atoms with Crippen LogP contribution < -0.4 is 11.1 Å². The van der Waals surface area contributed by atoms with Gasteiger partial charge in [0.2, 0.25) is 11.8 Å². The number of aliphatic hydroxyl groups is 1. The number of aliphatic hydroxyl groups excluding tert-OH is 1. The maximum atomic E-state index is 11.5. The van der Waals surface area contributed by atoms with E-state index in [4.69, 9.17) is 10.8 Å². The molecule has 0 radical (unpaired) electrons. The summed E-state index contributed by atoms with van der Waals surface area (Å²) in [6.45, 7) is 2.87. The molecule has 106 valence electrons. The molecule has 5 nitrogen and oxygen atoms in total. The summed E-state index contributed by atoms with van der Waals surface area (Å²) in [4.78, 5) is 22.0. The molecule has 1 unspecified atom stereocenters. The number of hydrogen-bond acceptors (Lipinski definition) is 4. The first kappa shape index (κ1) is 17.2. The van der Waals surface area contributed by atoms with Crippen molar-refractivity contribution in [3.63, 3.8) is 0 Å². The van der Waals surface area contributed by atoms with Crippen LogP contribution in [0.5, 0.6) is 0 Å². The van der Waals surface area contributed by atoms with Crippen LogP contribution >= 0.6 is 11.8 Å². The average Bonchev–Trinajstić information content (AvgIpc) is 2.32. The molecule has 0 aromatic heterocycles. The third-order valence-electron chi connectivity index (χ3n) is 2.54. The van der Waals surface area contributed by atoms with Crippen molar-refractivity contribution in [2.75, 3.05) is 24.7 Å². The zero-order chi connectivity index (χ0) is 13.8. The Labute approximate surface area is 113 Å². The van der Waals surface area contributed by atoms with Gasteiger partial charge in [0, 0.05) is 25.3 Å². The SMILES string of the molecule is CCCC(CCO)CNC(=O)CCSCC(N)=O. The minimum absolute atomic E-state index is 0.00832. The van der Waals surface area contributed by atoms with Gasteiger partial charge in [-0.15, -0.1) is 0 Å². The Hall–Kier alpha value is -0.750. The number of thioether (sulfide) groups is 1. The molecule has 0 heterocycles. The van der Waals surface area contributed by atoms with Crippen LogP contribution in [0.3, 0.4) is 0 Å². The highest BCUT2D eigenvalue weighted by atomic mass is 32.2. The van der Waals surface area contributed by atoms with Crippen LogP contribution in [0.2, 0.25) is 0 Å². The first-order valence-corrected chi connectivity index (χ1v) is 7.49. The van der Waals surface area contributed by atoms with Crippen LogP contribution in [-0.4, -0.2) is 41.6 Å². The predicted octanol–water partition coefficient (Wildman–Crippen LogP) is 0.510. The van der Waals surface area contributed by atoms with E-state index in [2.05, 4.69) is 12.2 Å². The van der Waals surface area contributed by atoms with Crippen molar-refractivity contribution >= 4 is 23.6 Å². The number of carbonyl (C=O) groups excluding carboxylic acids is 2. The molecule has 4 N–H and O–H groups in total. The number of hydrogen-bond donors (Lipinski definition) is 3. The van der Waals surface area contributed by atoms with E-state index in [1.807, 2.05) is 0 Å². The van der Waals surface area contributed by atoms with Gasteiger partial charge in [-0.05, 0) is 18.8 Å². The average molecular weight is 276 g/mol. The highest BCUT2D eigenvalue weighted by Crippen LogP contribution is 2.09. The molecule has 0 rings (SSSR count). The van der Waals surface area contributed by atoms with Crippen molar-refractivity contribution in [3.8, 4) is 0 Å². The van der Waals surface area contributed by atoms with Gasteiger partial charge in [-0.3, -0.25) is 9.59 Å². The van der Waals surface area contributed by atoms with E-state index in [-0.39, 0.29) is 24.2 Å². The molecule has 0 aromatic rings. The lowest BCUT2D eigenvalue weighted by atomic mass is 10.0. The fourth-order valence-electron chi connectivity index (χ4n) is 1.62. The lowest BCUT2D eigenvalue weighted by Gasteiger charge is -2.15. The summed E-state index contributed by atoms with van der Waals surface area (Å²) in [7, 11) is 0. The highest BCUT2D eigenvalue weighted by molar-refractivity contribution is 7.99. The summed E-state index contributed by atoms with van der Waals surface area (Å²) in [6.07, 6.45) is 3.19. The summed E-state index contributed by atoms with van der Waals surface area (Å²) in [5.74, 6) is 0.850. The standard InChI is InChI=1S/C12H24N2O3S/c1-2-3-10(4-6-15)8-14-12(17)5-7-18-9-11(13)16/h10,15H,2-9H2,1H3,(H2,13,16)(H,14,17). The Morgan fingerprint density at radius 2 is 2.11 bits per heavy atom. The molecule has 0 fully saturated rings. The maximum absolute atomic E-state index is 11.5. The van der Waals surface area contributed by atoms with Gasteiger partial charge in [-0.1, -0.05) is 13.3 Å². The zero-order valence-corrected chi connectivity index (χ0v) is 11.8. The Morgan fingerprint density at radius 1 is 1.39 bits per heavy atom. The molecule has 0 aliphatic carbocycles. The first-order valence-electron chi connectivity index (χ1n) is 6.33. The van der Waals surface area contributed by atoms with Crippen molar-refractivity contribution in [3.05, 3.63) is 0 Å². The highest BCUT2D eigenvalue weighted by Gasteiger charge is 2.09. The van der Waals surface area contributed by atoms with Crippen molar-refractivity contribution in [1.29, 1.82) is 0 Å². The Bertz CT molecular complexity index is 243. The third kappa shape index (κ3) is 10.4. The number of amides is 2. The first-order chi connectivity index (χ1) is 8.60. The molecule has 18 heavy (non-hydrogen) atoms. The zero-order valence-electron chi connectivity index (χ0n) is 11.0. The molecule has 0 aliphatic heterocycles. The Kier molecular flexibility index (Phi) is 10.9. The lowest BCUT2D eigenvalue weighted by Crippen LogP contribution is -2.30. The molecule has 2 amide bonds. The largest absolute Gasteiger partial charge is 0.396 e. The van der Waals surface area contributed by atoms with Crippen LogP contribution in [0, 0.1) is 5.92 Å². The van der Waals surface area contributed by atoms with Crippen LogP contribution in [0.4, 0.5) is 0 Å². The van der Waals surface area contributed by atoms with E-state index >= 15 is 0 Å². The second-order valence-electron chi connectivity index (χ2n) is 4.24. The summed E-state index contributed by atoms with van der Waals surface area (Å²) in [5.41, 5.74) is 4.99. The topological polar surface area (TPSA) is 92.4 Å². The number of rotatable bonds is 11. The minimum Gasteiger partial charge on any atom is -0.396 e.